The van der Waals surface area contributed by atoms with Crippen molar-refractivity contribution in [2.24, 2.45) is 0 Å². The van der Waals surface area contributed by atoms with Crippen molar-refractivity contribution in [2.75, 3.05) is 20.3 Å². The standard InChI is InChI=1S/C28H26F3NO4S/c1-16-24-14-19(7-8-25(24)37-26(16)27(33)34)20-11-21(28(29,30)31)15-23(13-20)36-10-9-32-17(2)18-5-4-6-22(12-18)35-3/h4-8,11-15,17,32H,9-10H2,1-3H3,(H,33,34). The fraction of sp³-hybridized carbons (Fsp3) is 0.250. The fourth-order valence-corrected chi connectivity index (χ4v) is 5.12. The Kier molecular flexibility index (Phi) is 7.75. The van der Waals surface area contributed by atoms with E-state index in [-0.39, 0.29) is 23.3 Å². The van der Waals surface area contributed by atoms with E-state index in [0.717, 1.165) is 39.5 Å². The molecule has 4 rings (SSSR count). The van der Waals surface area contributed by atoms with Crippen LogP contribution in [0.5, 0.6) is 11.5 Å². The number of aryl methyl sites for hydroxylation is 1. The van der Waals surface area contributed by atoms with E-state index in [1.54, 1.807) is 38.3 Å². The molecule has 0 fully saturated rings. The number of aromatic carboxylic acids is 1. The number of hydrogen-bond donors (Lipinski definition) is 2. The number of rotatable bonds is 9. The van der Waals surface area contributed by atoms with Crippen LogP contribution in [0.25, 0.3) is 21.2 Å². The first-order valence-electron chi connectivity index (χ1n) is 11.6. The first-order valence-corrected chi connectivity index (χ1v) is 12.4. The van der Waals surface area contributed by atoms with E-state index in [1.807, 2.05) is 31.2 Å². The number of benzene rings is 3. The Hall–Kier alpha value is -3.56. The molecule has 1 heterocycles. The molecule has 0 saturated heterocycles. The molecule has 1 atom stereocenters. The number of carboxylic acid groups (broad SMARTS) is 1. The highest BCUT2D eigenvalue weighted by Crippen LogP contribution is 2.38. The maximum Gasteiger partial charge on any atom is 0.416 e. The third-order valence-corrected chi connectivity index (χ3v) is 7.37. The van der Waals surface area contributed by atoms with Gasteiger partial charge in [-0.15, -0.1) is 11.3 Å². The van der Waals surface area contributed by atoms with Crippen LogP contribution in [0, 0.1) is 6.92 Å². The van der Waals surface area contributed by atoms with Crippen molar-refractivity contribution in [1.29, 1.82) is 0 Å². The van der Waals surface area contributed by atoms with Crippen molar-refractivity contribution in [2.45, 2.75) is 26.1 Å². The lowest BCUT2D eigenvalue weighted by molar-refractivity contribution is -0.137. The largest absolute Gasteiger partial charge is 0.497 e. The van der Waals surface area contributed by atoms with Crippen molar-refractivity contribution in [3.63, 3.8) is 0 Å². The van der Waals surface area contributed by atoms with Crippen LogP contribution in [0.1, 0.15) is 39.3 Å². The first kappa shape index (κ1) is 26.5. The molecular formula is C28H26F3NO4S. The lowest BCUT2D eigenvalue weighted by Crippen LogP contribution is -2.24. The summed E-state index contributed by atoms with van der Waals surface area (Å²) in [4.78, 5) is 11.7. The lowest BCUT2D eigenvalue weighted by atomic mass is 10.00. The van der Waals surface area contributed by atoms with E-state index in [2.05, 4.69) is 5.32 Å². The highest BCUT2D eigenvalue weighted by molar-refractivity contribution is 7.21. The van der Waals surface area contributed by atoms with Gasteiger partial charge in [0.2, 0.25) is 0 Å². The van der Waals surface area contributed by atoms with Crippen molar-refractivity contribution in [1.82, 2.24) is 5.32 Å². The zero-order chi connectivity index (χ0) is 26.7. The van der Waals surface area contributed by atoms with Crippen LogP contribution < -0.4 is 14.8 Å². The van der Waals surface area contributed by atoms with Gasteiger partial charge in [0, 0.05) is 17.3 Å². The smallest absolute Gasteiger partial charge is 0.416 e. The molecule has 0 aliphatic rings. The van der Waals surface area contributed by atoms with Crippen LogP contribution in [-0.4, -0.2) is 31.3 Å². The van der Waals surface area contributed by atoms with Gasteiger partial charge in [0.25, 0.3) is 0 Å². The number of ether oxygens (including phenoxy) is 2. The van der Waals surface area contributed by atoms with Crippen LogP contribution in [0.15, 0.2) is 60.7 Å². The lowest BCUT2D eigenvalue weighted by Gasteiger charge is -2.17. The van der Waals surface area contributed by atoms with E-state index < -0.39 is 17.7 Å². The number of halogens is 3. The van der Waals surface area contributed by atoms with Crippen molar-refractivity contribution in [3.8, 4) is 22.6 Å². The number of carbonyl (C=O) groups is 1. The average molecular weight is 530 g/mol. The van der Waals surface area contributed by atoms with Gasteiger partial charge in [-0.25, -0.2) is 4.79 Å². The quantitative estimate of drug-likeness (QED) is 0.222. The molecule has 0 amide bonds. The first-order chi connectivity index (χ1) is 17.6. The van der Waals surface area contributed by atoms with Gasteiger partial charge in [-0.05, 0) is 84.0 Å². The molecule has 4 aromatic rings. The zero-order valence-electron chi connectivity index (χ0n) is 20.5. The van der Waals surface area contributed by atoms with Crippen LogP contribution in [0.3, 0.4) is 0 Å². The number of nitrogens with one attached hydrogen (secondary N) is 1. The number of alkyl halides is 3. The fourth-order valence-electron chi connectivity index (χ4n) is 4.09. The molecule has 0 radical (unpaired) electrons. The second-order valence-electron chi connectivity index (χ2n) is 8.62. The Morgan fingerprint density at radius 3 is 2.54 bits per heavy atom. The van der Waals surface area contributed by atoms with Gasteiger partial charge in [0.05, 0.1) is 12.7 Å². The van der Waals surface area contributed by atoms with Crippen molar-refractivity contribution in [3.05, 3.63) is 82.2 Å². The van der Waals surface area contributed by atoms with Gasteiger partial charge in [-0.1, -0.05) is 18.2 Å². The predicted molar refractivity (Wildman–Crippen MR) is 139 cm³/mol. The number of fused-ring (bicyclic) bond motifs is 1. The molecule has 37 heavy (non-hydrogen) atoms. The minimum Gasteiger partial charge on any atom is -0.497 e. The van der Waals surface area contributed by atoms with Crippen molar-refractivity contribution < 1.29 is 32.5 Å². The molecule has 0 aliphatic heterocycles. The molecular weight excluding hydrogens is 503 g/mol. The minimum absolute atomic E-state index is 0.00737. The molecule has 1 aromatic heterocycles. The number of thiophene rings is 1. The SMILES string of the molecule is COc1cccc(C(C)NCCOc2cc(-c3ccc4sc(C(=O)O)c(C)c4c3)cc(C(F)(F)F)c2)c1. The van der Waals surface area contributed by atoms with E-state index in [0.29, 0.717) is 28.6 Å². The Morgan fingerprint density at radius 2 is 1.84 bits per heavy atom. The predicted octanol–water partition coefficient (Wildman–Crippen LogP) is 7.33. The summed E-state index contributed by atoms with van der Waals surface area (Å²) in [7, 11) is 1.60. The number of methoxy groups -OCH3 is 1. The third kappa shape index (κ3) is 6.06. The van der Waals surface area contributed by atoms with Crippen LogP contribution in [-0.2, 0) is 6.18 Å². The van der Waals surface area contributed by atoms with E-state index >= 15 is 0 Å². The highest BCUT2D eigenvalue weighted by atomic mass is 32.1. The van der Waals surface area contributed by atoms with Gasteiger partial charge in [-0.2, -0.15) is 13.2 Å². The summed E-state index contributed by atoms with van der Waals surface area (Å²) in [5.41, 5.74) is 1.68. The minimum atomic E-state index is -4.55. The summed E-state index contributed by atoms with van der Waals surface area (Å²) in [6, 6.07) is 16.4. The molecule has 9 heteroatoms. The van der Waals surface area contributed by atoms with Crippen molar-refractivity contribution >= 4 is 27.4 Å². The molecule has 0 bridgehead atoms. The monoisotopic (exact) mass is 529 g/mol. The van der Waals surface area contributed by atoms with E-state index in [1.165, 1.54) is 0 Å². The van der Waals surface area contributed by atoms with E-state index in [4.69, 9.17) is 9.47 Å². The molecule has 194 valence electrons. The second-order valence-corrected chi connectivity index (χ2v) is 9.67. The maximum atomic E-state index is 13.7. The summed E-state index contributed by atoms with van der Waals surface area (Å²) < 4.78 is 52.8. The number of carboxylic acids is 1. The summed E-state index contributed by atoms with van der Waals surface area (Å²) in [5, 5.41) is 13.4. The van der Waals surface area contributed by atoms with Gasteiger partial charge in [0.15, 0.2) is 0 Å². The zero-order valence-corrected chi connectivity index (χ0v) is 21.3. The molecule has 0 aliphatic carbocycles. The van der Waals surface area contributed by atoms with Gasteiger partial charge >= 0.3 is 12.1 Å². The molecule has 0 saturated carbocycles. The summed E-state index contributed by atoms with van der Waals surface area (Å²) >= 11 is 1.14. The van der Waals surface area contributed by atoms with Crippen LogP contribution in [0.4, 0.5) is 13.2 Å². The molecule has 3 aromatic carbocycles. The number of hydrogen-bond acceptors (Lipinski definition) is 5. The molecule has 1 unspecified atom stereocenters. The summed E-state index contributed by atoms with van der Waals surface area (Å²) in [5.74, 6) is -0.174. The molecule has 2 N–H and O–H groups in total. The Labute approximate surface area is 216 Å². The van der Waals surface area contributed by atoms with Gasteiger partial charge in [0.1, 0.15) is 23.0 Å². The summed E-state index contributed by atoms with van der Waals surface area (Å²) in [6.45, 7) is 4.27. The highest BCUT2D eigenvalue weighted by Gasteiger charge is 2.31. The maximum absolute atomic E-state index is 13.7. The Balaban J connectivity index is 1.53. The second kappa shape index (κ2) is 10.8. The van der Waals surface area contributed by atoms with Gasteiger partial charge in [-0.3, -0.25) is 0 Å². The Morgan fingerprint density at radius 1 is 1.05 bits per heavy atom. The van der Waals surface area contributed by atoms with Crippen LogP contribution in [0.2, 0.25) is 0 Å². The third-order valence-electron chi connectivity index (χ3n) is 6.11. The summed E-state index contributed by atoms with van der Waals surface area (Å²) in [6.07, 6.45) is -4.55. The molecule has 0 spiro atoms. The average Bonchev–Trinajstić information content (AvgIpc) is 3.22. The van der Waals surface area contributed by atoms with Crippen LogP contribution >= 0.6 is 11.3 Å². The normalized spacial score (nSPS) is 12.5. The topological polar surface area (TPSA) is 67.8 Å². The Bertz CT molecular complexity index is 1430. The van der Waals surface area contributed by atoms with Gasteiger partial charge < -0.3 is 19.9 Å². The molecule has 5 nitrogen and oxygen atoms in total. The van der Waals surface area contributed by atoms with E-state index in [9.17, 15) is 23.1 Å².